The fraction of sp³-hybridized carbons (Fsp3) is 0.526. The van der Waals surface area contributed by atoms with Crippen molar-refractivity contribution in [3.63, 3.8) is 0 Å². The molecule has 0 atom stereocenters. The summed E-state index contributed by atoms with van der Waals surface area (Å²) in [6, 6.07) is 17.4. The SMILES string of the molecule is c1ccc(-n2ccnc2)c(CCCCCCCCCCSOSCCCCCCCCCCc2ccccc2-n2ccnc2)c1. The molecule has 0 spiro atoms. The zero-order valence-electron chi connectivity index (χ0n) is 27.2. The summed E-state index contributed by atoms with van der Waals surface area (Å²) < 4.78 is 9.98. The molecule has 0 saturated carbocycles. The number of unbranched alkanes of at least 4 members (excludes halogenated alkanes) is 14. The molecule has 45 heavy (non-hydrogen) atoms. The molecule has 2 aromatic heterocycles. The normalized spacial score (nSPS) is 11.4. The predicted molar refractivity (Wildman–Crippen MR) is 194 cm³/mol. The lowest BCUT2D eigenvalue weighted by Crippen LogP contribution is -1.97. The first kappa shape index (κ1) is 35.4. The minimum Gasteiger partial charge on any atom is -0.306 e. The molecule has 244 valence electrons. The molecule has 0 amide bonds. The van der Waals surface area contributed by atoms with Crippen molar-refractivity contribution >= 4 is 24.1 Å². The molecule has 2 heterocycles. The lowest BCUT2D eigenvalue weighted by Gasteiger charge is -2.10. The van der Waals surface area contributed by atoms with Crippen molar-refractivity contribution in [2.24, 2.45) is 0 Å². The van der Waals surface area contributed by atoms with Gasteiger partial charge in [0.25, 0.3) is 0 Å². The second-order valence-corrected chi connectivity index (χ2v) is 13.9. The Morgan fingerprint density at radius 1 is 0.467 bits per heavy atom. The Labute approximate surface area is 281 Å². The van der Waals surface area contributed by atoms with E-state index in [2.05, 4.69) is 67.6 Å². The smallest absolute Gasteiger partial charge is 0.0991 e. The molecule has 4 rings (SSSR count). The molecule has 0 saturated heterocycles. The Bertz CT molecular complexity index is 1160. The van der Waals surface area contributed by atoms with Gasteiger partial charge in [0.1, 0.15) is 0 Å². The van der Waals surface area contributed by atoms with Crippen molar-refractivity contribution in [1.82, 2.24) is 19.1 Å². The maximum absolute atomic E-state index is 5.74. The van der Waals surface area contributed by atoms with Gasteiger partial charge in [-0.2, -0.15) is 0 Å². The van der Waals surface area contributed by atoms with E-state index >= 15 is 0 Å². The number of benzene rings is 2. The zero-order chi connectivity index (χ0) is 31.0. The van der Waals surface area contributed by atoms with Crippen LogP contribution in [0.5, 0.6) is 0 Å². The van der Waals surface area contributed by atoms with Gasteiger partial charge in [0.05, 0.1) is 12.7 Å². The Hall–Kier alpha value is -2.48. The van der Waals surface area contributed by atoms with Crippen LogP contribution in [0.15, 0.2) is 86.0 Å². The average molecular weight is 647 g/mol. The highest BCUT2D eigenvalue weighted by Gasteiger charge is 2.05. The molecular formula is C38H54N4OS2. The van der Waals surface area contributed by atoms with E-state index in [0.717, 1.165) is 24.3 Å². The fourth-order valence-electron chi connectivity index (χ4n) is 5.93. The van der Waals surface area contributed by atoms with E-state index < -0.39 is 0 Å². The van der Waals surface area contributed by atoms with Gasteiger partial charge in [0, 0.05) is 71.8 Å². The first-order chi connectivity index (χ1) is 22.4. The van der Waals surface area contributed by atoms with Gasteiger partial charge in [-0.15, -0.1) is 0 Å². The number of imidazole rings is 2. The van der Waals surface area contributed by atoms with Crippen molar-refractivity contribution in [3.05, 3.63) is 97.1 Å². The predicted octanol–water partition coefficient (Wildman–Crippen LogP) is 11.4. The van der Waals surface area contributed by atoms with Crippen molar-refractivity contribution in [3.8, 4) is 11.4 Å². The second-order valence-electron chi connectivity index (χ2n) is 12.1. The summed E-state index contributed by atoms with van der Waals surface area (Å²) in [5, 5.41) is 0. The molecule has 0 fully saturated rings. The highest BCUT2D eigenvalue weighted by molar-refractivity contribution is 8.07. The van der Waals surface area contributed by atoms with Crippen molar-refractivity contribution in [2.45, 2.75) is 116 Å². The third-order valence-electron chi connectivity index (χ3n) is 8.49. The van der Waals surface area contributed by atoms with Crippen LogP contribution in [0.4, 0.5) is 0 Å². The van der Waals surface area contributed by atoms with Crippen LogP contribution in [-0.2, 0) is 16.5 Å². The van der Waals surface area contributed by atoms with Gasteiger partial charge in [-0.05, 0) is 61.8 Å². The maximum atomic E-state index is 5.74. The number of hydrogen-bond donors (Lipinski definition) is 0. The van der Waals surface area contributed by atoms with Crippen molar-refractivity contribution in [1.29, 1.82) is 0 Å². The quantitative estimate of drug-likeness (QED) is 0.0502. The van der Waals surface area contributed by atoms with Crippen LogP contribution in [0.1, 0.15) is 114 Å². The summed E-state index contributed by atoms with van der Waals surface area (Å²) in [6.45, 7) is 0. The van der Waals surface area contributed by atoms with Gasteiger partial charge in [0.2, 0.25) is 0 Å². The second kappa shape index (κ2) is 22.9. The molecule has 0 N–H and O–H groups in total. The van der Waals surface area contributed by atoms with Crippen LogP contribution < -0.4 is 0 Å². The molecule has 0 radical (unpaired) electrons. The van der Waals surface area contributed by atoms with Crippen LogP contribution in [0.25, 0.3) is 11.4 Å². The standard InChI is InChI=1S/C38H54N4OS2/c1(5-9-13-21-35-23-15-17-25-37(35)41-29-27-39-33-41)3-7-11-19-31-44-43-45-32-20-12-8-4-2-6-10-14-22-36-24-16-18-26-38(36)42-30-28-40-34-42/h15-18,23-30,33-34H,1-14,19-22,31-32H2. The van der Waals surface area contributed by atoms with Crippen molar-refractivity contribution in [2.75, 3.05) is 11.5 Å². The molecule has 0 aliphatic carbocycles. The Morgan fingerprint density at radius 2 is 0.844 bits per heavy atom. The monoisotopic (exact) mass is 646 g/mol. The molecule has 7 heteroatoms. The molecule has 0 bridgehead atoms. The van der Waals surface area contributed by atoms with E-state index in [9.17, 15) is 0 Å². The molecule has 5 nitrogen and oxygen atoms in total. The Kier molecular flexibility index (Phi) is 18.0. The summed E-state index contributed by atoms with van der Waals surface area (Å²) in [6.07, 6.45) is 35.1. The van der Waals surface area contributed by atoms with E-state index in [4.69, 9.17) is 3.63 Å². The molecule has 0 aliphatic heterocycles. The summed E-state index contributed by atoms with van der Waals surface area (Å²) >= 11 is 3.31. The van der Waals surface area contributed by atoms with E-state index in [0.29, 0.717) is 0 Å². The van der Waals surface area contributed by atoms with E-state index in [1.54, 1.807) is 24.1 Å². The molecule has 0 aliphatic rings. The third-order valence-corrected chi connectivity index (χ3v) is 10.2. The van der Waals surface area contributed by atoms with Crippen LogP contribution in [0.2, 0.25) is 0 Å². The number of nitrogens with zero attached hydrogens (tertiary/aromatic N) is 4. The van der Waals surface area contributed by atoms with Gasteiger partial charge >= 0.3 is 0 Å². The Morgan fingerprint density at radius 3 is 1.24 bits per heavy atom. The maximum Gasteiger partial charge on any atom is 0.0991 e. The number of hydrogen-bond acceptors (Lipinski definition) is 5. The van der Waals surface area contributed by atoms with Gasteiger partial charge in [-0.1, -0.05) is 113 Å². The van der Waals surface area contributed by atoms with E-state index in [1.807, 2.05) is 37.4 Å². The molecule has 4 aromatic rings. The van der Waals surface area contributed by atoms with Crippen LogP contribution in [0.3, 0.4) is 0 Å². The fourth-order valence-corrected chi connectivity index (χ4v) is 7.39. The third kappa shape index (κ3) is 14.2. The minimum atomic E-state index is 1.12. The average Bonchev–Trinajstić information content (AvgIpc) is 3.81. The summed E-state index contributed by atoms with van der Waals surface area (Å²) in [5.41, 5.74) is 5.38. The van der Waals surface area contributed by atoms with Crippen LogP contribution in [0, 0.1) is 0 Å². The van der Waals surface area contributed by atoms with Gasteiger partial charge in [0.15, 0.2) is 0 Å². The van der Waals surface area contributed by atoms with Gasteiger partial charge in [-0.3, -0.25) is 0 Å². The highest BCUT2D eigenvalue weighted by Crippen LogP contribution is 2.21. The summed E-state index contributed by atoms with van der Waals surface area (Å²) in [4.78, 5) is 8.39. The van der Waals surface area contributed by atoms with Gasteiger partial charge in [-0.25, -0.2) is 13.6 Å². The largest absolute Gasteiger partial charge is 0.306 e. The first-order valence-corrected chi connectivity index (χ1v) is 19.3. The van der Waals surface area contributed by atoms with Crippen molar-refractivity contribution < 1.29 is 3.63 Å². The summed E-state index contributed by atoms with van der Waals surface area (Å²) in [7, 11) is 0. The lowest BCUT2D eigenvalue weighted by atomic mass is 10.0. The lowest BCUT2D eigenvalue weighted by molar-refractivity contribution is 0.574. The number of para-hydroxylation sites is 2. The highest BCUT2D eigenvalue weighted by atomic mass is 32.2. The topological polar surface area (TPSA) is 44.9 Å². The molecular weight excluding hydrogens is 593 g/mol. The van der Waals surface area contributed by atoms with Crippen LogP contribution in [-0.4, -0.2) is 30.6 Å². The summed E-state index contributed by atoms with van der Waals surface area (Å²) in [5.74, 6) is 2.25. The molecule has 2 aromatic carbocycles. The molecule has 0 unspecified atom stereocenters. The van der Waals surface area contributed by atoms with E-state index in [1.165, 1.54) is 125 Å². The number of aromatic nitrogens is 4. The number of rotatable bonds is 26. The van der Waals surface area contributed by atoms with Gasteiger partial charge < -0.3 is 9.13 Å². The van der Waals surface area contributed by atoms with Crippen LogP contribution >= 0.6 is 24.1 Å². The minimum absolute atomic E-state index is 1.12. The van der Waals surface area contributed by atoms with E-state index in [-0.39, 0.29) is 0 Å². The first-order valence-electron chi connectivity index (χ1n) is 17.5. The zero-order valence-corrected chi connectivity index (χ0v) is 28.9. The Balaban J connectivity index is 0.847. The number of aryl methyl sites for hydroxylation is 2.